The molecule has 0 radical (unpaired) electrons. The van der Waals surface area contributed by atoms with E-state index in [2.05, 4.69) is 5.32 Å². The predicted molar refractivity (Wildman–Crippen MR) is 124 cm³/mol. The van der Waals surface area contributed by atoms with E-state index >= 15 is 0 Å². The van der Waals surface area contributed by atoms with Crippen LogP contribution in [-0.2, 0) is 13.2 Å². The third-order valence-electron chi connectivity index (χ3n) is 4.45. The Kier molecular flexibility index (Phi) is 8.07. The van der Waals surface area contributed by atoms with E-state index in [1.54, 1.807) is 24.3 Å². The number of aromatic carboxylic acids is 1. The second-order valence-corrected chi connectivity index (χ2v) is 7.94. The summed E-state index contributed by atoms with van der Waals surface area (Å²) in [5.74, 6) is -0.752. The highest BCUT2D eigenvalue weighted by Gasteiger charge is 2.15. The van der Waals surface area contributed by atoms with Crippen molar-refractivity contribution in [3.8, 4) is 11.5 Å². The SMILES string of the molecule is CCOc1cc(CNc2ccc(Cl)c(C(=O)O)c2)cc(Cl)c1OCc1ccc(F)cc1Cl. The number of ether oxygens (including phenoxy) is 2. The van der Waals surface area contributed by atoms with Gasteiger partial charge >= 0.3 is 5.97 Å². The highest BCUT2D eigenvalue weighted by molar-refractivity contribution is 6.33. The molecule has 0 bridgehead atoms. The van der Waals surface area contributed by atoms with Gasteiger partial charge in [0, 0.05) is 17.8 Å². The van der Waals surface area contributed by atoms with Gasteiger partial charge in [-0.2, -0.15) is 0 Å². The summed E-state index contributed by atoms with van der Waals surface area (Å²) >= 11 is 18.4. The Morgan fingerprint density at radius 2 is 1.78 bits per heavy atom. The Bertz CT molecular complexity index is 1140. The molecular formula is C23H19Cl3FNO4. The van der Waals surface area contributed by atoms with Crippen molar-refractivity contribution >= 4 is 46.5 Å². The van der Waals surface area contributed by atoms with Crippen molar-refractivity contribution in [2.75, 3.05) is 11.9 Å². The van der Waals surface area contributed by atoms with E-state index in [9.17, 15) is 14.3 Å². The van der Waals surface area contributed by atoms with Crippen LogP contribution in [0.25, 0.3) is 0 Å². The molecule has 0 spiro atoms. The van der Waals surface area contributed by atoms with Crippen LogP contribution in [0.4, 0.5) is 10.1 Å². The van der Waals surface area contributed by atoms with Gasteiger partial charge in [0.1, 0.15) is 12.4 Å². The molecule has 0 aliphatic rings. The van der Waals surface area contributed by atoms with Crippen LogP contribution in [0.2, 0.25) is 15.1 Å². The fourth-order valence-corrected chi connectivity index (χ4v) is 3.63. The number of benzene rings is 3. The van der Waals surface area contributed by atoms with Crippen molar-refractivity contribution in [2.24, 2.45) is 0 Å². The standard InChI is InChI=1S/C23H19Cl3FNO4/c1-2-31-21-8-13(11-28-16-5-6-18(24)17(10-16)23(29)30)7-20(26)22(21)32-12-14-3-4-15(27)9-19(14)25/h3-10,28H,2,11-12H2,1H3,(H,29,30). The van der Waals surface area contributed by atoms with Crippen molar-refractivity contribution in [1.29, 1.82) is 0 Å². The maximum absolute atomic E-state index is 13.3. The minimum atomic E-state index is -1.11. The van der Waals surface area contributed by atoms with Crippen LogP contribution in [0.15, 0.2) is 48.5 Å². The van der Waals surface area contributed by atoms with Gasteiger partial charge < -0.3 is 19.9 Å². The third-order valence-corrected chi connectivity index (χ3v) is 5.41. The van der Waals surface area contributed by atoms with Gasteiger partial charge in [0.25, 0.3) is 0 Å². The lowest BCUT2D eigenvalue weighted by Gasteiger charge is -2.16. The van der Waals surface area contributed by atoms with Crippen molar-refractivity contribution < 1.29 is 23.8 Å². The smallest absolute Gasteiger partial charge is 0.337 e. The summed E-state index contributed by atoms with van der Waals surface area (Å²) < 4.78 is 24.8. The molecule has 0 amide bonds. The van der Waals surface area contributed by atoms with Crippen LogP contribution in [0.5, 0.6) is 11.5 Å². The van der Waals surface area contributed by atoms with Crippen molar-refractivity contribution in [3.63, 3.8) is 0 Å². The molecule has 0 aromatic heterocycles. The molecule has 0 heterocycles. The fourth-order valence-electron chi connectivity index (χ4n) is 2.92. The highest BCUT2D eigenvalue weighted by atomic mass is 35.5. The Labute approximate surface area is 199 Å². The number of anilines is 1. The molecule has 3 aromatic rings. The normalized spacial score (nSPS) is 10.7. The Balaban J connectivity index is 1.77. The summed E-state index contributed by atoms with van der Waals surface area (Å²) in [5, 5.41) is 13.1. The largest absolute Gasteiger partial charge is 0.490 e. The van der Waals surface area contributed by atoms with E-state index < -0.39 is 11.8 Å². The van der Waals surface area contributed by atoms with Crippen LogP contribution in [-0.4, -0.2) is 17.7 Å². The Morgan fingerprint density at radius 1 is 1.00 bits per heavy atom. The van der Waals surface area contributed by atoms with E-state index in [1.807, 2.05) is 6.92 Å². The number of carboxylic acids is 1. The molecule has 2 N–H and O–H groups in total. The topological polar surface area (TPSA) is 67.8 Å². The van der Waals surface area contributed by atoms with Gasteiger partial charge in [0.15, 0.2) is 11.5 Å². The summed E-state index contributed by atoms with van der Waals surface area (Å²) in [5.41, 5.74) is 1.99. The first-order chi connectivity index (χ1) is 15.3. The van der Waals surface area contributed by atoms with E-state index in [4.69, 9.17) is 44.3 Å². The van der Waals surface area contributed by atoms with Crippen LogP contribution in [0.1, 0.15) is 28.4 Å². The van der Waals surface area contributed by atoms with Crippen LogP contribution in [0, 0.1) is 5.82 Å². The molecule has 168 valence electrons. The van der Waals surface area contributed by atoms with Gasteiger partial charge in [0.05, 0.1) is 27.2 Å². The molecular weight excluding hydrogens is 480 g/mol. The van der Waals surface area contributed by atoms with E-state index in [0.29, 0.717) is 40.9 Å². The number of hydrogen-bond acceptors (Lipinski definition) is 4. The summed E-state index contributed by atoms with van der Waals surface area (Å²) in [7, 11) is 0. The molecule has 9 heteroatoms. The average molecular weight is 499 g/mol. The molecule has 0 atom stereocenters. The molecule has 0 saturated carbocycles. The van der Waals surface area contributed by atoms with Crippen LogP contribution in [0.3, 0.4) is 0 Å². The first kappa shape index (κ1) is 24.0. The summed E-state index contributed by atoms with van der Waals surface area (Å²) in [6, 6.07) is 12.2. The second kappa shape index (κ2) is 10.8. The highest BCUT2D eigenvalue weighted by Crippen LogP contribution is 2.38. The van der Waals surface area contributed by atoms with Gasteiger partial charge in [-0.25, -0.2) is 9.18 Å². The lowest BCUT2D eigenvalue weighted by molar-refractivity contribution is 0.0697. The molecule has 3 aromatic carbocycles. The van der Waals surface area contributed by atoms with E-state index in [0.717, 1.165) is 5.56 Å². The number of nitrogens with one attached hydrogen (secondary N) is 1. The number of carbonyl (C=O) groups is 1. The number of rotatable bonds is 9. The van der Waals surface area contributed by atoms with Crippen LogP contribution >= 0.6 is 34.8 Å². The lowest BCUT2D eigenvalue weighted by atomic mass is 10.1. The minimum Gasteiger partial charge on any atom is -0.490 e. The van der Waals surface area contributed by atoms with Gasteiger partial charge in [0.2, 0.25) is 0 Å². The summed E-state index contributed by atoms with van der Waals surface area (Å²) in [6.45, 7) is 2.66. The van der Waals surface area contributed by atoms with Gasteiger partial charge in [-0.1, -0.05) is 40.9 Å². The lowest BCUT2D eigenvalue weighted by Crippen LogP contribution is -2.05. The van der Waals surface area contributed by atoms with Crippen LogP contribution < -0.4 is 14.8 Å². The zero-order valence-electron chi connectivity index (χ0n) is 16.9. The molecule has 0 unspecified atom stereocenters. The quantitative estimate of drug-likeness (QED) is 0.330. The molecule has 0 fully saturated rings. The molecule has 0 aliphatic heterocycles. The van der Waals surface area contributed by atoms with Gasteiger partial charge in [-0.3, -0.25) is 0 Å². The predicted octanol–water partition coefficient (Wildman–Crippen LogP) is 7.07. The first-order valence-electron chi connectivity index (χ1n) is 9.57. The van der Waals surface area contributed by atoms with E-state index in [-0.39, 0.29) is 22.2 Å². The summed E-state index contributed by atoms with van der Waals surface area (Å²) in [4.78, 5) is 11.3. The zero-order chi connectivity index (χ0) is 23.3. The molecule has 0 aliphatic carbocycles. The molecule has 3 rings (SSSR count). The minimum absolute atomic E-state index is 0.00732. The molecule has 5 nitrogen and oxygen atoms in total. The second-order valence-electron chi connectivity index (χ2n) is 6.72. The fraction of sp³-hybridized carbons (Fsp3) is 0.174. The van der Waals surface area contributed by atoms with Gasteiger partial charge in [-0.05, 0) is 55.0 Å². The average Bonchev–Trinajstić information content (AvgIpc) is 2.73. The number of carboxylic acid groups (broad SMARTS) is 1. The van der Waals surface area contributed by atoms with Gasteiger partial charge in [-0.15, -0.1) is 0 Å². The maximum Gasteiger partial charge on any atom is 0.337 e. The number of halogens is 4. The monoisotopic (exact) mass is 497 g/mol. The number of hydrogen-bond donors (Lipinski definition) is 2. The van der Waals surface area contributed by atoms with E-state index in [1.165, 1.54) is 24.3 Å². The molecule has 0 saturated heterocycles. The zero-order valence-corrected chi connectivity index (χ0v) is 19.2. The van der Waals surface area contributed by atoms with Crippen molar-refractivity contribution in [2.45, 2.75) is 20.1 Å². The third kappa shape index (κ3) is 5.97. The maximum atomic E-state index is 13.3. The first-order valence-corrected chi connectivity index (χ1v) is 10.7. The van der Waals surface area contributed by atoms with Crippen molar-refractivity contribution in [1.82, 2.24) is 0 Å². The van der Waals surface area contributed by atoms with Crippen molar-refractivity contribution in [3.05, 3.63) is 86.1 Å². The molecule has 32 heavy (non-hydrogen) atoms. The Hall–Kier alpha value is -2.67. The Morgan fingerprint density at radius 3 is 2.47 bits per heavy atom. The summed E-state index contributed by atoms with van der Waals surface area (Å²) in [6.07, 6.45) is 0.